The van der Waals surface area contributed by atoms with Gasteiger partial charge >= 0.3 is 0 Å². The molecule has 0 heterocycles. The fourth-order valence-electron chi connectivity index (χ4n) is 1.03. The zero-order valence-electron chi connectivity index (χ0n) is 11.1. The predicted octanol–water partition coefficient (Wildman–Crippen LogP) is -1.68. The van der Waals surface area contributed by atoms with E-state index >= 15 is 0 Å². The highest BCUT2D eigenvalue weighted by Gasteiger charge is 2.12. The quantitative estimate of drug-likeness (QED) is 0.161. The third-order valence-corrected chi connectivity index (χ3v) is 3.95. The van der Waals surface area contributed by atoms with Crippen LogP contribution in [0.1, 0.15) is 6.42 Å². The van der Waals surface area contributed by atoms with Crippen molar-refractivity contribution in [2.75, 3.05) is 46.7 Å². The van der Waals surface area contributed by atoms with E-state index in [0.717, 1.165) is 6.42 Å². The molecule has 0 aromatic heterocycles. The van der Waals surface area contributed by atoms with Gasteiger partial charge in [0.15, 0.2) is 0 Å². The van der Waals surface area contributed by atoms with Crippen molar-refractivity contribution in [1.82, 2.24) is 15.0 Å². The smallest absolute Gasteiger partial charge is 0.215 e. The zero-order chi connectivity index (χ0) is 14.0. The van der Waals surface area contributed by atoms with Crippen molar-refractivity contribution in [3.63, 3.8) is 0 Å². The van der Waals surface area contributed by atoms with Gasteiger partial charge in [0.25, 0.3) is 0 Å². The molecule has 0 saturated carbocycles. The summed E-state index contributed by atoms with van der Waals surface area (Å²) in [5, 5.41) is 2.82. The van der Waals surface area contributed by atoms with Crippen LogP contribution in [0.4, 0.5) is 0 Å². The Morgan fingerprint density at radius 3 is 2.61 bits per heavy atom. The molecule has 0 fully saturated rings. The third kappa shape index (κ3) is 7.43. The van der Waals surface area contributed by atoms with Crippen LogP contribution in [0.15, 0.2) is 4.99 Å². The highest BCUT2D eigenvalue weighted by molar-refractivity contribution is 7.89. The number of nitrogens with one attached hydrogen (secondary N) is 2. The van der Waals surface area contributed by atoms with E-state index in [1.165, 1.54) is 18.4 Å². The Labute approximate surface area is 109 Å². The first-order chi connectivity index (χ1) is 8.44. The second kappa shape index (κ2) is 9.09. The Kier molecular flexibility index (Phi) is 8.63. The van der Waals surface area contributed by atoms with Gasteiger partial charge in [-0.1, -0.05) is 0 Å². The van der Waals surface area contributed by atoms with E-state index in [2.05, 4.69) is 15.7 Å². The molecule has 18 heavy (non-hydrogen) atoms. The van der Waals surface area contributed by atoms with E-state index in [-0.39, 0.29) is 12.3 Å². The van der Waals surface area contributed by atoms with Crippen LogP contribution in [0.2, 0.25) is 0 Å². The van der Waals surface area contributed by atoms with Gasteiger partial charge in [0.1, 0.15) is 0 Å². The van der Waals surface area contributed by atoms with Gasteiger partial charge < -0.3 is 10.1 Å². The fraction of sp³-hybridized carbons (Fsp3) is 0.889. The molecule has 0 aliphatic rings. The van der Waals surface area contributed by atoms with Crippen molar-refractivity contribution in [3.05, 3.63) is 0 Å². The Hall–Kier alpha value is -0.900. The van der Waals surface area contributed by atoms with Crippen molar-refractivity contribution in [3.8, 4) is 0 Å². The second-order valence-corrected chi connectivity index (χ2v) is 6.05. The fourth-order valence-corrected chi connectivity index (χ4v) is 1.76. The van der Waals surface area contributed by atoms with Crippen molar-refractivity contribution in [1.29, 1.82) is 0 Å². The summed E-state index contributed by atoms with van der Waals surface area (Å²) in [5.74, 6) is 5.62. The van der Waals surface area contributed by atoms with Crippen LogP contribution >= 0.6 is 0 Å². The van der Waals surface area contributed by atoms with Gasteiger partial charge in [-0.3, -0.25) is 10.4 Å². The average molecular weight is 281 g/mol. The van der Waals surface area contributed by atoms with Gasteiger partial charge in [0.05, 0.1) is 5.75 Å². The topological polar surface area (TPSA) is 109 Å². The molecule has 0 aromatic carbocycles. The highest BCUT2D eigenvalue weighted by Crippen LogP contribution is 1.92. The molecule has 0 unspecified atom stereocenters. The normalized spacial score (nSPS) is 12.8. The number of aliphatic imine (C=N–C) groups is 1. The van der Waals surface area contributed by atoms with Gasteiger partial charge in [0, 0.05) is 40.9 Å². The number of ether oxygens (including phenoxy) is 1. The van der Waals surface area contributed by atoms with E-state index in [9.17, 15) is 8.42 Å². The third-order valence-electron chi connectivity index (χ3n) is 2.12. The molecule has 0 saturated heterocycles. The molecule has 0 amide bonds. The standard InChI is InChI=1S/C9H23N5O3S/c1-14(2)18(15,16)8-6-12-9(13-10)11-5-4-7-17-3/h4-8,10H2,1-3H3,(H2,11,12,13). The molecule has 9 heteroatoms. The van der Waals surface area contributed by atoms with E-state index in [1.54, 1.807) is 7.11 Å². The van der Waals surface area contributed by atoms with Crippen molar-refractivity contribution in [2.45, 2.75) is 6.42 Å². The molecule has 108 valence electrons. The lowest BCUT2D eigenvalue weighted by atomic mass is 10.5. The van der Waals surface area contributed by atoms with Gasteiger partial charge in [-0.25, -0.2) is 18.6 Å². The molecule has 0 atom stereocenters. The first-order valence-electron chi connectivity index (χ1n) is 5.58. The maximum atomic E-state index is 11.5. The Bertz CT molecular complexity index is 342. The summed E-state index contributed by atoms with van der Waals surface area (Å²) < 4.78 is 29.0. The molecule has 0 aromatic rings. The van der Waals surface area contributed by atoms with Gasteiger partial charge in [-0.15, -0.1) is 0 Å². The minimum absolute atomic E-state index is 0.0151. The molecule has 0 rings (SSSR count). The lowest BCUT2D eigenvalue weighted by molar-refractivity contribution is 0.197. The summed E-state index contributed by atoms with van der Waals surface area (Å²) >= 11 is 0. The first kappa shape index (κ1) is 17.1. The molecule has 8 nitrogen and oxygen atoms in total. The van der Waals surface area contributed by atoms with E-state index in [1.807, 2.05) is 0 Å². The SMILES string of the molecule is COCCCN=C(NN)NCCS(=O)(=O)N(C)C. The van der Waals surface area contributed by atoms with Crippen molar-refractivity contribution in [2.24, 2.45) is 10.8 Å². The summed E-state index contributed by atoms with van der Waals surface area (Å²) in [4.78, 5) is 4.13. The minimum atomic E-state index is -3.20. The van der Waals surface area contributed by atoms with Crippen molar-refractivity contribution >= 4 is 16.0 Å². The summed E-state index contributed by atoms with van der Waals surface area (Å²) in [6.45, 7) is 1.42. The second-order valence-electron chi connectivity index (χ2n) is 3.75. The Morgan fingerprint density at radius 1 is 1.44 bits per heavy atom. The number of methoxy groups -OCH3 is 1. The predicted molar refractivity (Wildman–Crippen MR) is 71.6 cm³/mol. The lowest BCUT2D eigenvalue weighted by Crippen LogP contribution is -2.44. The number of hydrazine groups is 1. The highest BCUT2D eigenvalue weighted by atomic mass is 32.2. The number of rotatable bonds is 8. The van der Waals surface area contributed by atoms with Crippen LogP contribution < -0.4 is 16.6 Å². The van der Waals surface area contributed by atoms with Crippen LogP contribution in [-0.4, -0.2) is 65.3 Å². The maximum Gasteiger partial charge on any atom is 0.215 e. The number of sulfonamides is 1. The van der Waals surface area contributed by atoms with E-state index in [0.29, 0.717) is 19.1 Å². The Balaban J connectivity index is 4.01. The summed E-state index contributed by atoms with van der Waals surface area (Å²) in [5.41, 5.74) is 2.38. The van der Waals surface area contributed by atoms with Crippen LogP contribution in [-0.2, 0) is 14.8 Å². The molecular weight excluding hydrogens is 258 g/mol. The summed E-state index contributed by atoms with van der Waals surface area (Å²) in [6.07, 6.45) is 0.777. The van der Waals surface area contributed by atoms with Crippen LogP contribution in [0.5, 0.6) is 0 Å². The Morgan fingerprint density at radius 2 is 2.11 bits per heavy atom. The number of guanidine groups is 1. The van der Waals surface area contributed by atoms with Crippen molar-refractivity contribution < 1.29 is 13.2 Å². The molecule has 0 radical (unpaired) electrons. The van der Waals surface area contributed by atoms with Gasteiger partial charge in [-0.05, 0) is 6.42 Å². The van der Waals surface area contributed by atoms with Crippen LogP contribution in [0, 0.1) is 0 Å². The molecular formula is C9H23N5O3S. The number of hydrogen-bond acceptors (Lipinski definition) is 5. The zero-order valence-corrected chi connectivity index (χ0v) is 12.0. The number of hydrogen-bond donors (Lipinski definition) is 3. The molecule has 0 spiro atoms. The maximum absolute atomic E-state index is 11.5. The molecule has 0 aliphatic heterocycles. The van der Waals surface area contributed by atoms with E-state index < -0.39 is 10.0 Å². The molecule has 0 aliphatic carbocycles. The molecule has 0 bridgehead atoms. The van der Waals surface area contributed by atoms with E-state index in [4.69, 9.17) is 10.6 Å². The van der Waals surface area contributed by atoms with Gasteiger partial charge in [0.2, 0.25) is 16.0 Å². The molecule has 4 N–H and O–H groups in total. The summed E-state index contributed by atoms with van der Waals surface area (Å²) in [6, 6.07) is 0. The number of nitrogens with zero attached hydrogens (tertiary/aromatic N) is 2. The first-order valence-corrected chi connectivity index (χ1v) is 7.19. The largest absolute Gasteiger partial charge is 0.385 e. The average Bonchev–Trinajstić information content (AvgIpc) is 2.32. The minimum Gasteiger partial charge on any atom is -0.385 e. The lowest BCUT2D eigenvalue weighted by Gasteiger charge is -2.13. The van der Waals surface area contributed by atoms with Gasteiger partial charge in [-0.2, -0.15) is 0 Å². The monoisotopic (exact) mass is 281 g/mol. The number of nitrogens with two attached hydrogens (primary N) is 1. The van der Waals surface area contributed by atoms with Crippen LogP contribution in [0.25, 0.3) is 0 Å². The van der Waals surface area contributed by atoms with Crippen LogP contribution in [0.3, 0.4) is 0 Å². The summed E-state index contributed by atoms with van der Waals surface area (Å²) in [7, 11) is 1.41.